The Morgan fingerprint density at radius 1 is 1.19 bits per heavy atom. The van der Waals surface area contributed by atoms with Crippen molar-refractivity contribution in [2.24, 2.45) is 17.6 Å². The molecule has 1 saturated carbocycles. The van der Waals surface area contributed by atoms with Gasteiger partial charge in [0.2, 0.25) is 5.78 Å². The van der Waals surface area contributed by atoms with Gasteiger partial charge in [0.25, 0.3) is 5.91 Å². The van der Waals surface area contributed by atoms with Gasteiger partial charge in [0.15, 0.2) is 11.4 Å². The maximum absolute atomic E-state index is 13.8. The summed E-state index contributed by atoms with van der Waals surface area (Å²) in [6.45, 7) is 0. The number of amides is 1. The third kappa shape index (κ3) is 2.94. The molecule has 10 heteroatoms. The largest absolute Gasteiger partial charge is 0.508 e. The fourth-order valence-corrected chi connectivity index (χ4v) is 6.25. The Bertz CT molecular complexity index is 1380. The minimum absolute atomic E-state index is 0.00471. The number of anilines is 1. The molecule has 0 radical (unpaired) electrons. The average molecular weight is 494 g/mol. The molecule has 0 spiro atoms. The zero-order valence-electron chi connectivity index (χ0n) is 19.8. The van der Waals surface area contributed by atoms with Crippen molar-refractivity contribution in [3.8, 4) is 5.75 Å². The number of hydrogen-bond acceptors (Lipinski definition) is 9. The van der Waals surface area contributed by atoms with Gasteiger partial charge in [-0.05, 0) is 62.0 Å². The summed E-state index contributed by atoms with van der Waals surface area (Å²) in [4.78, 5) is 40.5. The van der Waals surface area contributed by atoms with Gasteiger partial charge in [-0.15, -0.1) is 0 Å². The second-order valence-electron chi connectivity index (χ2n) is 9.97. The Labute approximate surface area is 206 Å². The smallest absolute Gasteiger partial charge is 0.255 e. The van der Waals surface area contributed by atoms with E-state index in [1.54, 1.807) is 20.2 Å². The first-order chi connectivity index (χ1) is 16.9. The summed E-state index contributed by atoms with van der Waals surface area (Å²) in [6.07, 6.45) is 6.80. The number of rotatable bonds is 3. The lowest BCUT2D eigenvalue weighted by atomic mass is 9.57. The second kappa shape index (κ2) is 7.81. The number of fused-ring (bicyclic) bond motifs is 3. The van der Waals surface area contributed by atoms with Crippen LogP contribution in [-0.4, -0.2) is 68.5 Å². The molecule has 1 aromatic carbocycles. The summed E-state index contributed by atoms with van der Waals surface area (Å²) in [5, 5.41) is 44.6. The van der Waals surface area contributed by atoms with Crippen LogP contribution in [0.5, 0.6) is 5.75 Å². The standard InChI is InChI=1S/C26H27N3O7/c1-29(2)19-14-8-11-7-13-12(10-5-3-4-6-10)9-15(27)20(30)17(13)21(31)16(11)23(33)26(14,36)24(34)18(22(19)32)25(28)35/h3,5-6,9,11,14,19,30-31,34,36H,4,7-8,27H2,1-2H3,(H2,28,35)/t11-,14-,19-,26-/m1/s1. The van der Waals surface area contributed by atoms with Gasteiger partial charge >= 0.3 is 0 Å². The molecular weight excluding hydrogens is 466 g/mol. The SMILES string of the molecule is CN(C)[C@H]1C(=O)C(C(N)=O)=C(O)[C@]2(O)C(=O)C3=C(O)c4c(O)c(N)cc(C5=CCC=C5)c4C[C@@H]3C[C@H]12. The summed E-state index contributed by atoms with van der Waals surface area (Å²) in [6, 6.07) is 0.497. The predicted molar refractivity (Wildman–Crippen MR) is 130 cm³/mol. The molecule has 5 rings (SSSR count). The van der Waals surface area contributed by atoms with Gasteiger partial charge in [-0.1, -0.05) is 18.2 Å². The normalized spacial score (nSPS) is 29.3. The first-order valence-electron chi connectivity index (χ1n) is 11.6. The number of primary amides is 1. The van der Waals surface area contributed by atoms with Crippen molar-refractivity contribution in [1.29, 1.82) is 0 Å². The van der Waals surface area contributed by atoms with Crippen molar-refractivity contribution in [3.05, 3.63) is 57.9 Å². The van der Waals surface area contributed by atoms with Crippen molar-refractivity contribution in [2.75, 3.05) is 19.8 Å². The van der Waals surface area contributed by atoms with Crippen molar-refractivity contribution in [2.45, 2.75) is 30.9 Å². The highest BCUT2D eigenvalue weighted by Crippen LogP contribution is 2.54. The number of aliphatic hydroxyl groups excluding tert-OH is 2. The number of Topliss-reactive ketones (excluding diaryl/α,β-unsaturated/α-hetero) is 2. The molecule has 0 saturated heterocycles. The molecule has 4 aliphatic carbocycles. The Balaban J connectivity index is 1.76. The fraction of sp³-hybridized carbons (Fsp3) is 0.346. The van der Waals surface area contributed by atoms with Crippen LogP contribution < -0.4 is 11.5 Å². The summed E-state index contributed by atoms with van der Waals surface area (Å²) in [5.41, 5.74) is 9.81. The van der Waals surface area contributed by atoms with E-state index in [0.717, 1.165) is 12.0 Å². The van der Waals surface area contributed by atoms with Gasteiger partial charge in [0.05, 0.1) is 17.3 Å². The number of allylic oxidation sites excluding steroid dienone is 4. The molecule has 0 heterocycles. The third-order valence-electron chi connectivity index (χ3n) is 7.83. The number of carbonyl (C=O) groups is 3. The first-order valence-corrected chi connectivity index (χ1v) is 11.6. The highest BCUT2D eigenvalue weighted by atomic mass is 16.3. The van der Waals surface area contributed by atoms with Gasteiger partial charge in [-0.25, -0.2) is 0 Å². The van der Waals surface area contributed by atoms with Crippen LogP contribution in [-0.2, 0) is 20.8 Å². The molecular formula is C26H27N3O7. The van der Waals surface area contributed by atoms with E-state index in [9.17, 15) is 34.8 Å². The lowest BCUT2D eigenvalue weighted by Crippen LogP contribution is -2.65. The number of aliphatic hydroxyl groups is 3. The molecule has 0 unspecified atom stereocenters. The molecule has 10 nitrogen and oxygen atoms in total. The lowest BCUT2D eigenvalue weighted by molar-refractivity contribution is -0.153. The molecule has 0 bridgehead atoms. The quantitative estimate of drug-likeness (QED) is 0.202. The van der Waals surface area contributed by atoms with Crippen molar-refractivity contribution in [3.63, 3.8) is 0 Å². The molecule has 36 heavy (non-hydrogen) atoms. The summed E-state index contributed by atoms with van der Waals surface area (Å²) < 4.78 is 0. The highest BCUT2D eigenvalue weighted by Gasteiger charge is 2.64. The number of nitrogens with two attached hydrogens (primary N) is 2. The number of phenols is 1. The van der Waals surface area contributed by atoms with E-state index in [1.807, 2.05) is 18.2 Å². The van der Waals surface area contributed by atoms with Crippen LogP contribution in [0.4, 0.5) is 5.69 Å². The molecule has 1 amide bonds. The number of carbonyl (C=O) groups excluding carboxylic acids is 3. The van der Waals surface area contributed by atoms with Crippen LogP contribution in [0.3, 0.4) is 0 Å². The zero-order valence-corrected chi connectivity index (χ0v) is 19.8. The number of ketones is 2. The molecule has 188 valence electrons. The molecule has 1 aromatic rings. The number of aromatic hydroxyl groups is 1. The van der Waals surface area contributed by atoms with Gasteiger partial charge in [-0.2, -0.15) is 0 Å². The van der Waals surface area contributed by atoms with Gasteiger partial charge < -0.3 is 31.9 Å². The zero-order chi connectivity index (χ0) is 26.3. The minimum atomic E-state index is -2.67. The van der Waals surface area contributed by atoms with Crippen LogP contribution in [0.2, 0.25) is 0 Å². The monoisotopic (exact) mass is 493 g/mol. The number of hydrogen-bond donors (Lipinski definition) is 6. The average Bonchev–Trinajstić information content (AvgIpc) is 3.33. The Hall–Kier alpha value is -3.89. The fourth-order valence-electron chi connectivity index (χ4n) is 6.25. The van der Waals surface area contributed by atoms with Crippen LogP contribution >= 0.6 is 0 Å². The summed E-state index contributed by atoms with van der Waals surface area (Å²) >= 11 is 0. The van der Waals surface area contributed by atoms with E-state index in [0.29, 0.717) is 11.1 Å². The molecule has 4 atom stereocenters. The van der Waals surface area contributed by atoms with Crippen LogP contribution in [0.25, 0.3) is 11.3 Å². The van der Waals surface area contributed by atoms with Crippen LogP contribution in [0.15, 0.2) is 41.2 Å². The molecule has 1 fully saturated rings. The van der Waals surface area contributed by atoms with Gasteiger partial charge in [-0.3, -0.25) is 19.3 Å². The minimum Gasteiger partial charge on any atom is -0.508 e. The van der Waals surface area contributed by atoms with Crippen LogP contribution in [0.1, 0.15) is 29.5 Å². The van der Waals surface area contributed by atoms with E-state index >= 15 is 0 Å². The van der Waals surface area contributed by atoms with E-state index in [2.05, 4.69) is 0 Å². The van der Waals surface area contributed by atoms with E-state index in [1.165, 1.54) is 4.90 Å². The molecule has 8 N–H and O–H groups in total. The van der Waals surface area contributed by atoms with Crippen LogP contribution in [0, 0.1) is 11.8 Å². The van der Waals surface area contributed by atoms with Gasteiger partial charge in [0.1, 0.15) is 22.8 Å². The second-order valence-corrected chi connectivity index (χ2v) is 9.97. The van der Waals surface area contributed by atoms with E-state index in [4.69, 9.17) is 11.5 Å². The van der Waals surface area contributed by atoms with Crippen molar-refractivity contribution >= 4 is 34.5 Å². The lowest BCUT2D eigenvalue weighted by Gasteiger charge is -2.50. The van der Waals surface area contributed by atoms with E-state index < -0.39 is 63.8 Å². The number of benzene rings is 1. The van der Waals surface area contributed by atoms with Crippen molar-refractivity contribution < 1.29 is 34.8 Å². The Morgan fingerprint density at radius 2 is 1.89 bits per heavy atom. The maximum atomic E-state index is 13.8. The van der Waals surface area contributed by atoms with Crippen molar-refractivity contribution in [1.82, 2.24) is 4.90 Å². The van der Waals surface area contributed by atoms with E-state index in [-0.39, 0.29) is 29.7 Å². The van der Waals surface area contributed by atoms with Gasteiger partial charge in [0, 0.05) is 11.5 Å². The first kappa shape index (κ1) is 23.8. The predicted octanol–water partition coefficient (Wildman–Crippen LogP) is 0.890. The Morgan fingerprint density at radius 3 is 2.47 bits per heavy atom. The molecule has 0 aromatic heterocycles. The number of likely N-dealkylation sites (N-methyl/N-ethyl adjacent to an activating group) is 1. The highest BCUT2D eigenvalue weighted by molar-refractivity contribution is 6.24. The molecule has 0 aliphatic heterocycles. The third-order valence-corrected chi connectivity index (χ3v) is 7.83. The molecule has 4 aliphatic rings. The number of nitrogens with zero attached hydrogens (tertiary/aromatic N) is 1. The maximum Gasteiger partial charge on any atom is 0.255 e. The summed E-state index contributed by atoms with van der Waals surface area (Å²) in [5.74, 6) is -6.93. The topological polar surface area (TPSA) is 187 Å². The number of phenolic OH excluding ortho intramolecular Hbond substituents is 1. The summed E-state index contributed by atoms with van der Waals surface area (Å²) in [7, 11) is 3.12. The number of nitrogen functional groups attached to an aromatic ring is 1. The Kier molecular flexibility index (Phi) is 5.17.